The Balaban J connectivity index is 1.46. The van der Waals surface area contributed by atoms with Crippen molar-refractivity contribution in [2.45, 2.75) is 56.0 Å². The van der Waals surface area contributed by atoms with E-state index in [4.69, 9.17) is 22.2 Å². The van der Waals surface area contributed by atoms with Crippen molar-refractivity contribution in [2.24, 2.45) is 5.16 Å². The summed E-state index contributed by atoms with van der Waals surface area (Å²) in [6.45, 7) is 2.51. The maximum absolute atomic E-state index is 13.2. The van der Waals surface area contributed by atoms with Crippen molar-refractivity contribution in [1.82, 2.24) is 15.2 Å². The Morgan fingerprint density at radius 2 is 1.90 bits per heavy atom. The first-order valence-corrected chi connectivity index (χ1v) is 14.9. The number of thiazole rings is 1. The number of amides is 2. The van der Waals surface area contributed by atoms with Gasteiger partial charge in [0.1, 0.15) is 22.8 Å². The van der Waals surface area contributed by atoms with E-state index in [-0.39, 0.29) is 22.2 Å². The molecule has 0 bridgehead atoms. The average Bonchev–Trinajstić information content (AvgIpc) is 3.37. The van der Waals surface area contributed by atoms with Gasteiger partial charge in [-0.2, -0.15) is 0 Å². The van der Waals surface area contributed by atoms with Crippen LogP contribution in [0.15, 0.2) is 46.1 Å². The minimum Gasteiger partial charge on any atom is -0.478 e. The van der Waals surface area contributed by atoms with Crippen LogP contribution in [0.5, 0.6) is 0 Å². The monoisotopic (exact) mass is 621 g/mol. The van der Waals surface area contributed by atoms with Crippen LogP contribution in [0, 0.1) is 0 Å². The van der Waals surface area contributed by atoms with Gasteiger partial charge in [-0.3, -0.25) is 14.5 Å². The number of rotatable bonds is 12. The smallest absolute Gasteiger partial charge is 0.352 e. The Morgan fingerprint density at radius 1 is 1.22 bits per heavy atom. The molecule has 41 heavy (non-hydrogen) atoms. The second-order valence-corrected chi connectivity index (χ2v) is 12.1. The second-order valence-electron chi connectivity index (χ2n) is 9.84. The Bertz CT molecular complexity index is 1420. The van der Waals surface area contributed by atoms with Crippen LogP contribution in [0.4, 0.5) is 5.13 Å². The highest BCUT2D eigenvalue weighted by molar-refractivity contribution is 8.00. The van der Waals surface area contributed by atoms with Crippen LogP contribution < -0.4 is 11.1 Å². The molecule has 0 aliphatic carbocycles. The summed E-state index contributed by atoms with van der Waals surface area (Å²) in [7, 11) is 0. The molecule has 1 aromatic carbocycles. The molecule has 4 rings (SSSR count). The van der Waals surface area contributed by atoms with Crippen molar-refractivity contribution in [1.29, 1.82) is 0 Å². The number of aliphatic carboxylic acids is 2. The van der Waals surface area contributed by atoms with Crippen molar-refractivity contribution in [2.75, 3.05) is 11.5 Å². The van der Waals surface area contributed by atoms with Gasteiger partial charge in [0.05, 0.1) is 0 Å². The van der Waals surface area contributed by atoms with Crippen LogP contribution in [0.25, 0.3) is 0 Å². The zero-order chi connectivity index (χ0) is 29.9. The van der Waals surface area contributed by atoms with E-state index in [1.165, 1.54) is 35.9 Å². The van der Waals surface area contributed by atoms with Crippen molar-refractivity contribution in [3.8, 4) is 0 Å². The third-order valence-electron chi connectivity index (χ3n) is 6.52. The molecule has 5 N–H and O–H groups in total. The number of benzene rings is 1. The molecular formula is C26H28ClN5O7S2. The largest absolute Gasteiger partial charge is 0.478 e. The Kier molecular flexibility index (Phi) is 9.24. The Morgan fingerprint density at radius 3 is 2.49 bits per heavy atom. The predicted octanol–water partition coefficient (Wildman–Crippen LogP) is 2.81. The highest BCUT2D eigenvalue weighted by atomic mass is 35.5. The highest BCUT2D eigenvalue weighted by Crippen LogP contribution is 2.41. The minimum absolute atomic E-state index is 0.0387. The lowest BCUT2D eigenvalue weighted by Gasteiger charge is -2.49. The normalized spacial score (nSPS) is 19.0. The fraction of sp³-hybridized carbons (Fsp3) is 0.385. The first kappa shape index (κ1) is 30.3. The lowest BCUT2D eigenvalue weighted by atomic mass is 9.98. The molecule has 2 aliphatic heterocycles. The average molecular weight is 622 g/mol. The minimum atomic E-state index is -1.75. The molecule has 0 saturated carbocycles. The van der Waals surface area contributed by atoms with E-state index in [0.717, 1.165) is 28.9 Å². The molecule has 0 unspecified atom stereocenters. The standard InChI is InChI=1S/C26H28ClN5O7S2/c1-26(2,24(37)38)39-31-17(16-12-41-25(28)29-16)20(33)30-18-21(34)32-19(23(35)36)15(11-40-22(18)32)5-3-4-13-6-8-14(10-27)9-7-13/h6-9,12,18,22H,3-5,10-11H2,1-2H3,(H2,28,29)(H,30,33)(H,35,36)(H,37,38)/b31-17-/t18-,22-/m1/s1. The quantitative estimate of drug-likeness (QED) is 0.119. The van der Waals surface area contributed by atoms with Gasteiger partial charge in [0.2, 0.25) is 5.60 Å². The molecule has 2 atom stereocenters. The van der Waals surface area contributed by atoms with Crippen LogP contribution >= 0.6 is 34.7 Å². The zero-order valence-corrected chi connectivity index (χ0v) is 24.5. The third-order valence-corrected chi connectivity index (χ3v) is 8.84. The summed E-state index contributed by atoms with van der Waals surface area (Å²) >= 11 is 8.23. The number of anilines is 1. The van der Waals surface area contributed by atoms with E-state index in [1.54, 1.807) is 0 Å². The molecular weight excluding hydrogens is 594 g/mol. The number of thioether (sulfide) groups is 1. The molecule has 1 aromatic heterocycles. The first-order valence-electron chi connectivity index (χ1n) is 12.5. The third kappa shape index (κ3) is 6.66. The van der Waals surface area contributed by atoms with Crippen LogP contribution in [0.1, 0.15) is 43.5 Å². The molecule has 2 aliphatic rings. The molecule has 0 spiro atoms. The topological polar surface area (TPSA) is 185 Å². The number of carbonyl (C=O) groups excluding carboxylic acids is 2. The van der Waals surface area contributed by atoms with Gasteiger partial charge in [0, 0.05) is 17.0 Å². The zero-order valence-electron chi connectivity index (χ0n) is 22.1. The van der Waals surface area contributed by atoms with Gasteiger partial charge < -0.3 is 26.1 Å². The van der Waals surface area contributed by atoms with Gasteiger partial charge in [-0.25, -0.2) is 14.6 Å². The van der Waals surface area contributed by atoms with Gasteiger partial charge in [-0.1, -0.05) is 29.4 Å². The summed E-state index contributed by atoms with van der Waals surface area (Å²) in [6.07, 6.45) is 1.94. The van der Waals surface area contributed by atoms with Gasteiger partial charge in [0.25, 0.3) is 11.8 Å². The number of carbonyl (C=O) groups is 4. The number of oxime groups is 1. The number of nitrogens with one attached hydrogen (secondary N) is 1. The molecule has 2 amide bonds. The second kappa shape index (κ2) is 12.5. The summed E-state index contributed by atoms with van der Waals surface area (Å²) < 4.78 is 0. The summed E-state index contributed by atoms with van der Waals surface area (Å²) in [5.74, 6) is -3.13. The SMILES string of the molecule is CC(C)(O/N=C(\C(=O)N[C@@H]1C(=O)N2C(C(=O)O)=C(CCCc3ccc(CCl)cc3)CS[C@H]12)c1csc(N)n1)C(=O)O. The van der Waals surface area contributed by atoms with Crippen LogP contribution in [0.2, 0.25) is 0 Å². The van der Waals surface area contributed by atoms with Crippen molar-refractivity contribution >= 4 is 69.3 Å². The number of fused-ring (bicyclic) bond motifs is 1. The summed E-state index contributed by atoms with van der Waals surface area (Å²) in [4.78, 5) is 60.3. The van der Waals surface area contributed by atoms with Gasteiger partial charge >= 0.3 is 11.9 Å². The summed E-state index contributed by atoms with van der Waals surface area (Å²) in [5.41, 5.74) is 6.32. The fourth-order valence-electron chi connectivity index (χ4n) is 4.19. The van der Waals surface area contributed by atoms with Crippen molar-refractivity contribution < 1.29 is 34.2 Å². The number of nitrogen functional groups attached to an aromatic ring is 1. The number of nitrogens with two attached hydrogens (primary N) is 1. The molecule has 1 saturated heterocycles. The molecule has 12 nitrogen and oxygen atoms in total. The highest BCUT2D eigenvalue weighted by Gasteiger charge is 2.54. The maximum atomic E-state index is 13.2. The molecule has 15 heteroatoms. The van der Waals surface area contributed by atoms with Crippen molar-refractivity contribution in [3.05, 3.63) is 57.7 Å². The number of β-lactam (4-membered cyclic amide) rings is 1. The van der Waals surface area contributed by atoms with Crippen LogP contribution in [-0.4, -0.2) is 72.3 Å². The number of carboxylic acids is 2. The van der Waals surface area contributed by atoms with Gasteiger partial charge in [-0.05, 0) is 49.8 Å². The number of nitrogens with zero attached hydrogens (tertiary/aromatic N) is 3. The Hall–Kier alpha value is -3.62. The molecule has 218 valence electrons. The summed E-state index contributed by atoms with van der Waals surface area (Å²) in [5, 5.41) is 26.5. The fourth-order valence-corrected chi connectivity index (χ4v) is 6.30. The number of hydrogen-bond donors (Lipinski definition) is 4. The number of halogens is 1. The predicted molar refractivity (Wildman–Crippen MR) is 154 cm³/mol. The van der Waals surface area contributed by atoms with E-state index >= 15 is 0 Å². The Labute approximate surface area is 248 Å². The van der Waals surface area contributed by atoms with E-state index in [1.807, 2.05) is 24.3 Å². The number of carboxylic acid groups (broad SMARTS) is 2. The van der Waals surface area contributed by atoms with E-state index < -0.39 is 40.8 Å². The summed E-state index contributed by atoms with van der Waals surface area (Å²) in [6, 6.07) is 6.87. The molecule has 2 aromatic rings. The van der Waals surface area contributed by atoms with E-state index in [0.29, 0.717) is 30.0 Å². The van der Waals surface area contributed by atoms with Gasteiger partial charge in [0.15, 0.2) is 10.8 Å². The van der Waals surface area contributed by atoms with Crippen LogP contribution in [-0.2, 0) is 36.3 Å². The molecule has 1 fully saturated rings. The van der Waals surface area contributed by atoms with Crippen LogP contribution in [0.3, 0.4) is 0 Å². The number of hydrogen-bond acceptors (Lipinski definition) is 10. The van der Waals surface area contributed by atoms with Gasteiger partial charge in [-0.15, -0.1) is 34.7 Å². The molecule has 3 heterocycles. The van der Waals surface area contributed by atoms with E-state index in [2.05, 4.69) is 15.5 Å². The van der Waals surface area contributed by atoms with E-state index in [9.17, 15) is 29.4 Å². The lowest BCUT2D eigenvalue weighted by molar-refractivity contribution is -0.161. The first-order chi connectivity index (χ1) is 19.4. The number of aromatic nitrogens is 1. The molecule has 0 radical (unpaired) electrons. The number of aryl methyl sites for hydroxylation is 1. The lowest BCUT2D eigenvalue weighted by Crippen LogP contribution is -2.71. The number of alkyl halides is 1. The maximum Gasteiger partial charge on any atom is 0.352 e. The van der Waals surface area contributed by atoms with Crippen molar-refractivity contribution in [3.63, 3.8) is 0 Å².